The van der Waals surface area contributed by atoms with E-state index in [4.69, 9.17) is 4.52 Å². The minimum atomic E-state index is -0.331. The Balaban J connectivity index is 2.01. The van der Waals surface area contributed by atoms with E-state index in [2.05, 4.69) is 31.4 Å². The second-order valence-electron chi connectivity index (χ2n) is 4.35. The molecule has 0 bridgehead atoms. The van der Waals surface area contributed by atoms with Crippen LogP contribution >= 0.6 is 15.9 Å². The predicted molar refractivity (Wildman–Crippen MR) is 82.4 cm³/mol. The summed E-state index contributed by atoms with van der Waals surface area (Å²) in [5.41, 5.74) is 2.40. The number of hydrogen-bond acceptors (Lipinski definition) is 4. The first-order valence-electron chi connectivity index (χ1n) is 6.25. The molecule has 3 aromatic rings. The van der Waals surface area contributed by atoms with Gasteiger partial charge in [-0.1, -0.05) is 17.3 Å². The summed E-state index contributed by atoms with van der Waals surface area (Å²) in [6.07, 6.45) is 0. The van der Waals surface area contributed by atoms with Crippen molar-refractivity contribution in [2.75, 3.05) is 12.4 Å². The molecule has 0 spiro atoms. The van der Waals surface area contributed by atoms with Crippen molar-refractivity contribution >= 4 is 21.6 Å². The van der Waals surface area contributed by atoms with Crippen LogP contribution in [0, 0.1) is 5.82 Å². The fourth-order valence-electron chi connectivity index (χ4n) is 1.97. The highest BCUT2D eigenvalue weighted by atomic mass is 79.9. The average Bonchev–Trinajstić information content (AvgIpc) is 2.99. The molecule has 6 heteroatoms. The molecule has 3 rings (SSSR count). The van der Waals surface area contributed by atoms with E-state index in [0.29, 0.717) is 21.8 Å². The van der Waals surface area contributed by atoms with Crippen molar-refractivity contribution < 1.29 is 8.91 Å². The first-order valence-corrected chi connectivity index (χ1v) is 7.04. The molecule has 4 nitrogen and oxygen atoms in total. The Labute approximate surface area is 129 Å². The molecular weight excluding hydrogens is 337 g/mol. The van der Waals surface area contributed by atoms with Crippen molar-refractivity contribution in [3.8, 4) is 22.8 Å². The first-order chi connectivity index (χ1) is 10.2. The number of nitrogens with zero attached hydrogens (tertiary/aromatic N) is 2. The monoisotopic (exact) mass is 347 g/mol. The molecule has 0 aliphatic carbocycles. The van der Waals surface area contributed by atoms with Crippen LogP contribution in [-0.4, -0.2) is 17.2 Å². The Hall–Kier alpha value is -2.21. The normalized spacial score (nSPS) is 10.6. The van der Waals surface area contributed by atoms with Crippen LogP contribution in [0.3, 0.4) is 0 Å². The molecule has 106 valence electrons. The van der Waals surface area contributed by atoms with Gasteiger partial charge in [0, 0.05) is 18.3 Å². The zero-order chi connectivity index (χ0) is 14.8. The van der Waals surface area contributed by atoms with E-state index in [-0.39, 0.29) is 5.82 Å². The number of hydrogen-bond donors (Lipinski definition) is 1. The SMILES string of the molecule is CNc1ccccc1-c1nc(-c2ccc(F)c(Br)c2)no1. The van der Waals surface area contributed by atoms with Crippen LogP contribution in [0.5, 0.6) is 0 Å². The lowest BCUT2D eigenvalue weighted by Gasteiger charge is -2.03. The smallest absolute Gasteiger partial charge is 0.260 e. The Kier molecular flexibility index (Phi) is 3.70. The molecule has 0 radical (unpaired) electrons. The van der Waals surface area contributed by atoms with Gasteiger partial charge in [-0.05, 0) is 46.3 Å². The fourth-order valence-corrected chi connectivity index (χ4v) is 2.35. The molecule has 1 heterocycles. The van der Waals surface area contributed by atoms with Crippen molar-refractivity contribution in [2.45, 2.75) is 0 Å². The first kappa shape index (κ1) is 13.8. The predicted octanol–water partition coefficient (Wildman–Crippen LogP) is 4.35. The molecule has 0 aliphatic rings. The highest BCUT2D eigenvalue weighted by Crippen LogP contribution is 2.29. The largest absolute Gasteiger partial charge is 0.387 e. The molecule has 0 saturated carbocycles. The van der Waals surface area contributed by atoms with Crippen LogP contribution in [0.1, 0.15) is 0 Å². The maximum Gasteiger partial charge on any atom is 0.260 e. The second-order valence-corrected chi connectivity index (χ2v) is 5.20. The zero-order valence-corrected chi connectivity index (χ0v) is 12.7. The third-order valence-electron chi connectivity index (χ3n) is 3.03. The van der Waals surface area contributed by atoms with E-state index in [1.165, 1.54) is 6.07 Å². The summed E-state index contributed by atoms with van der Waals surface area (Å²) in [7, 11) is 1.83. The molecule has 1 N–H and O–H groups in total. The lowest BCUT2D eigenvalue weighted by molar-refractivity contribution is 0.432. The molecule has 0 aliphatic heterocycles. The lowest BCUT2D eigenvalue weighted by atomic mass is 10.1. The maximum atomic E-state index is 13.3. The summed E-state index contributed by atoms with van der Waals surface area (Å²) in [6, 6.07) is 12.2. The number of rotatable bonds is 3. The summed E-state index contributed by atoms with van der Waals surface area (Å²) < 4.78 is 18.9. The van der Waals surface area contributed by atoms with Crippen LogP contribution < -0.4 is 5.32 Å². The minimum Gasteiger partial charge on any atom is -0.387 e. The molecular formula is C15H11BrFN3O. The average molecular weight is 348 g/mol. The number of nitrogens with one attached hydrogen (secondary N) is 1. The van der Waals surface area contributed by atoms with Crippen LogP contribution in [0.4, 0.5) is 10.1 Å². The molecule has 2 aromatic carbocycles. The molecule has 21 heavy (non-hydrogen) atoms. The van der Waals surface area contributed by atoms with Gasteiger partial charge < -0.3 is 9.84 Å². The number of halogens is 2. The molecule has 0 saturated heterocycles. The van der Waals surface area contributed by atoms with Gasteiger partial charge in [-0.15, -0.1) is 0 Å². The van der Waals surface area contributed by atoms with E-state index in [9.17, 15) is 4.39 Å². The van der Waals surface area contributed by atoms with Gasteiger partial charge in [0.15, 0.2) is 0 Å². The summed E-state index contributed by atoms with van der Waals surface area (Å²) in [6.45, 7) is 0. The number of anilines is 1. The van der Waals surface area contributed by atoms with E-state index < -0.39 is 0 Å². The maximum absolute atomic E-state index is 13.3. The zero-order valence-electron chi connectivity index (χ0n) is 11.1. The summed E-state index contributed by atoms with van der Waals surface area (Å²) in [5.74, 6) is 0.495. The van der Waals surface area contributed by atoms with Crippen LogP contribution in [0.25, 0.3) is 22.8 Å². The lowest BCUT2D eigenvalue weighted by Crippen LogP contribution is -1.91. The van der Waals surface area contributed by atoms with E-state index >= 15 is 0 Å². The van der Waals surface area contributed by atoms with Crippen LogP contribution in [0.2, 0.25) is 0 Å². The van der Waals surface area contributed by atoms with Crippen LogP contribution in [-0.2, 0) is 0 Å². The van der Waals surface area contributed by atoms with Gasteiger partial charge >= 0.3 is 0 Å². The Bertz CT molecular complexity index is 788. The van der Waals surface area contributed by atoms with Gasteiger partial charge in [-0.3, -0.25) is 0 Å². The topological polar surface area (TPSA) is 51.0 Å². The van der Waals surface area contributed by atoms with Crippen molar-refractivity contribution in [1.29, 1.82) is 0 Å². The highest BCUT2D eigenvalue weighted by molar-refractivity contribution is 9.10. The molecule has 0 amide bonds. The van der Waals surface area contributed by atoms with Crippen molar-refractivity contribution in [3.63, 3.8) is 0 Å². The standard InChI is InChI=1S/C15H11BrFN3O/c1-18-13-5-3-2-4-10(13)15-19-14(20-21-15)9-6-7-12(17)11(16)8-9/h2-8,18H,1H3. The molecule has 0 atom stereocenters. The van der Waals surface area contributed by atoms with E-state index in [1.54, 1.807) is 12.1 Å². The number of benzene rings is 2. The van der Waals surface area contributed by atoms with E-state index in [1.807, 2.05) is 31.3 Å². The van der Waals surface area contributed by atoms with Crippen molar-refractivity contribution in [2.24, 2.45) is 0 Å². The summed E-state index contributed by atoms with van der Waals surface area (Å²) in [4.78, 5) is 4.37. The van der Waals surface area contributed by atoms with Gasteiger partial charge in [0.05, 0.1) is 10.0 Å². The quantitative estimate of drug-likeness (QED) is 0.765. The third-order valence-corrected chi connectivity index (χ3v) is 3.64. The molecule has 1 aromatic heterocycles. The Morgan fingerprint density at radius 1 is 1.19 bits per heavy atom. The van der Waals surface area contributed by atoms with Gasteiger partial charge in [0.2, 0.25) is 5.82 Å². The summed E-state index contributed by atoms with van der Waals surface area (Å²) in [5, 5.41) is 7.03. The Morgan fingerprint density at radius 2 is 2.00 bits per heavy atom. The third kappa shape index (κ3) is 2.67. The van der Waals surface area contributed by atoms with Gasteiger partial charge in [-0.25, -0.2) is 4.39 Å². The van der Waals surface area contributed by atoms with Gasteiger partial charge in [0.25, 0.3) is 5.89 Å². The van der Waals surface area contributed by atoms with E-state index in [0.717, 1.165) is 11.3 Å². The second kappa shape index (κ2) is 5.65. The fraction of sp³-hybridized carbons (Fsp3) is 0.0667. The number of aromatic nitrogens is 2. The highest BCUT2D eigenvalue weighted by Gasteiger charge is 2.14. The molecule has 0 fully saturated rings. The van der Waals surface area contributed by atoms with Gasteiger partial charge in [0.1, 0.15) is 5.82 Å². The summed E-state index contributed by atoms with van der Waals surface area (Å²) >= 11 is 3.15. The van der Waals surface area contributed by atoms with Gasteiger partial charge in [-0.2, -0.15) is 4.98 Å². The number of para-hydroxylation sites is 1. The Morgan fingerprint density at radius 3 is 2.76 bits per heavy atom. The van der Waals surface area contributed by atoms with Crippen molar-refractivity contribution in [3.05, 3.63) is 52.8 Å². The van der Waals surface area contributed by atoms with Crippen LogP contribution in [0.15, 0.2) is 51.5 Å². The minimum absolute atomic E-state index is 0.331. The molecule has 0 unspecified atom stereocenters. The van der Waals surface area contributed by atoms with Crippen molar-refractivity contribution in [1.82, 2.24) is 10.1 Å².